The second-order valence-corrected chi connectivity index (χ2v) is 9.59. The number of amides is 2. The predicted octanol–water partition coefficient (Wildman–Crippen LogP) is 3.64. The third-order valence-electron chi connectivity index (χ3n) is 5.04. The van der Waals surface area contributed by atoms with Crippen LogP contribution in [0.25, 0.3) is 11.4 Å². The first-order chi connectivity index (χ1) is 16.1. The highest BCUT2D eigenvalue weighted by Gasteiger charge is 2.17. The topological polar surface area (TPSA) is 105 Å². The first-order valence-electron chi connectivity index (χ1n) is 10.7. The average molecular weight is 466 g/mol. The quantitative estimate of drug-likeness (QED) is 0.536. The van der Waals surface area contributed by atoms with Gasteiger partial charge in [-0.1, -0.05) is 5.37 Å². The fraction of sp³-hybridized carbons (Fsp3) is 0.304. The molecule has 2 N–H and O–H groups in total. The Hall–Kier alpha value is -3.37. The molecule has 0 spiro atoms. The third kappa shape index (κ3) is 6.33. The van der Waals surface area contributed by atoms with E-state index in [1.165, 1.54) is 0 Å². The van der Waals surface area contributed by atoms with Crippen molar-refractivity contribution in [1.29, 1.82) is 0 Å². The maximum Gasteiger partial charge on any atom is 0.323 e. The molecule has 3 heterocycles. The molecule has 2 amide bonds. The van der Waals surface area contributed by atoms with Crippen molar-refractivity contribution in [3.63, 3.8) is 0 Å². The molecule has 0 saturated carbocycles. The van der Waals surface area contributed by atoms with Crippen LogP contribution in [-0.2, 0) is 10.5 Å². The number of anilines is 3. The summed E-state index contributed by atoms with van der Waals surface area (Å²) in [6.07, 6.45) is 5.42. The van der Waals surface area contributed by atoms with Gasteiger partial charge in [0.2, 0.25) is 5.95 Å². The SMILES string of the molecule is C/C=S(/C)Cc1nc(-c2ccc(NC(=O)Nc3cccnc3)cc2)nc(N2CCOCC2)n1. The zero-order valence-electron chi connectivity index (χ0n) is 18.7. The van der Waals surface area contributed by atoms with Crippen molar-refractivity contribution in [1.82, 2.24) is 19.9 Å². The zero-order chi connectivity index (χ0) is 23.0. The van der Waals surface area contributed by atoms with E-state index in [1.807, 2.05) is 24.3 Å². The van der Waals surface area contributed by atoms with Gasteiger partial charge in [-0.3, -0.25) is 4.98 Å². The lowest BCUT2D eigenvalue weighted by Gasteiger charge is -2.27. The summed E-state index contributed by atoms with van der Waals surface area (Å²) in [7, 11) is 0.0869. The molecule has 1 atom stereocenters. The van der Waals surface area contributed by atoms with E-state index in [4.69, 9.17) is 19.7 Å². The molecule has 0 radical (unpaired) electrons. The maximum absolute atomic E-state index is 12.2. The summed E-state index contributed by atoms with van der Waals surface area (Å²) in [4.78, 5) is 32.6. The van der Waals surface area contributed by atoms with Crippen molar-refractivity contribution in [2.24, 2.45) is 0 Å². The lowest BCUT2D eigenvalue weighted by molar-refractivity contribution is 0.122. The van der Waals surface area contributed by atoms with E-state index >= 15 is 0 Å². The number of carbonyl (C=O) groups excluding carboxylic acids is 1. The van der Waals surface area contributed by atoms with Gasteiger partial charge in [0, 0.05) is 36.3 Å². The maximum atomic E-state index is 12.2. The summed E-state index contributed by atoms with van der Waals surface area (Å²) in [5.74, 6) is 2.87. The van der Waals surface area contributed by atoms with Gasteiger partial charge >= 0.3 is 6.03 Å². The summed E-state index contributed by atoms with van der Waals surface area (Å²) in [5, 5.41) is 7.74. The van der Waals surface area contributed by atoms with Crippen molar-refractivity contribution >= 4 is 39.2 Å². The lowest BCUT2D eigenvalue weighted by Crippen LogP contribution is -2.37. The van der Waals surface area contributed by atoms with Crippen LogP contribution < -0.4 is 15.5 Å². The molecule has 9 nitrogen and oxygen atoms in total. The Labute approximate surface area is 195 Å². The van der Waals surface area contributed by atoms with Crippen LogP contribution >= 0.6 is 10.5 Å². The summed E-state index contributed by atoms with van der Waals surface area (Å²) in [6, 6.07) is 10.7. The minimum absolute atomic E-state index is 0.0869. The van der Waals surface area contributed by atoms with Gasteiger partial charge in [0.1, 0.15) is 5.82 Å². The van der Waals surface area contributed by atoms with Crippen LogP contribution in [0, 0.1) is 0 Å². The molecule has 1 fully saturated rings. The van der Waals surface area contributed by atoms with E-state index < -0.39 is 0 Å². The van der Waals surface area contributed by atoms with Crippen LogP contribution in [0.3, 0.4) is 0 Å². The standard InChI is InChI=1S/C23H27N7O2S/c1-3-33(2)16-20-27-21(29-22(28-20)30-11-13-32-14-12-30)17-6-8-18(9-7-17)25-23(31)26-19-5-4-10-24-15-19/h3-10,15H,11-14,16H2,1-2H3,(H2,25,26,31). The molecule has 1 saturated heterocycles. The Bertz CT molecular complexity index is 1120. The minimum Gasteiger partial charge on any atom is -0.378 e. The van der Waals surface area contributed by atoms with Crippen molar-refractivity contribution < 1.29 is 9.53 Å². The molecule has 10 heteroatoms. The summed E-state index contributed by atoms with van der Waals surface area (Å²) in [6.45, 7) is 4.91. The van der Waals surface area contributed by atoms with E-state index in [9.17, 15) is 4.79 Å². The monoisotopic (exact) mass is 465 g/mol. The number of ether oxygens (including phenoxy) is 1. The molecule has 1 aliphatic heterocycles. The van der Waals surface area contributed by atoms with Gasteiger partial charge in [-0.15, -0.1) is 0 Å². The number of rotatable bonds is 6. The Balaban J connectivity index is 1.53. The van der Waals surface area contributed by atoms with Crippen molar-refractivity contribution in [2.75, 3.05) is 48.1 Å². The summed E-state index contributed by atoms with van der Waals surface area (Å²) < 4.78 is 5.47. The van der Waals surface area contributed by atoms with Crippen LogP contribution in [0.2, 0.25) is 0 Å². The van der Waals surface area contributed by atoms with E-state index in [0.717, 1.165) is 30.2 Å². The zero-order valence-corrected chi connectivity index (χ0v) is 19.5. The number of urea groups is 1. The molecule has 0 bridgehead atoms. The number of benzene rings is 1. The minimum atomic E-state index is -0.335. The van der Waals surface area contributed by atoms with Crippen molar-refractivity contribution in [3.05, 3.63) is 54.6 Å². The van der Waals surface area contributed by atoms with Crippen LogP contribution in [0.4, 0.5) is 22.1 Å². The Kier molecular flexibility index (Phi) is 7.59. The normalized spacial score (nSPS) is 14.7. The van der Waals surface area contributed by atoms with E-state index in [-0.39, 0.29) is 16.5 Å². The molecule has 1 aromatic carbocycles. The molecule has 172 valence electrons. The number of morpholine rings is 1. The number of carbonyl (C=O) groups is 1. The Morgan fingerprint density at radius 2 is 1.85 bits per heavy atom. The van der Waals surface area contributed by atoms with Gasteiger partial charge in [-0.05, 0) is 49.6 Å². The second kappa shape index (κ2) is 11.0. The smallest absolute Gasteiger partial charge is 0.323 e. The highest BCUT2D eigenvalue weighted by Crippen LogP contribution is 2.23. The largest absolute Gasteiger partial charge is 0.378 e. The number of pyridine rings is 1. The van der Waals surface area contributed by atoms with Crippen LogP contribution in [-0.4, -0.2) is 63.9 Å². The van der Waals surface area contributed by atoms with Gasteiger partial charge in [0.15, 0.2) is 5.82 Å². The number of hydrogen-bond donors (Lipinski definition) is 2. The Morgan fingerprint density at radius 3 is 2.55 bits per heavy atom. The fourth-order valence-electron chi connectivity index (χ4n) is 3.23. The van der Waals surface area contributed by atoms with Crippen molar-refractivity contribution in [2.45, 2.75) is 12.7 Å². The molecule has 1 unspecified atom stereocenters. The fourth-order valence-corrected chi connectivity index (χ4v) is 3.93. The second-order valence-electron chi connectivity index (χ2n) is 7.44. The van der Waals surface area contributed by atoms with Gasteiger partial charge in [-0.25, -0.2) is 9.78 Å². The van der Waals surface area contributed by atoms with Gasteiger partial charge < -0.3 is 20.3 Å². The lowest BCUT2D eigenvalue weighted by atomic mass is 10.2. The number of hydrogen-bond acceptors (Lipinski definition) is 7. The van der Waals surface area contributed by atoms with Gasteiger partial charge in [0.25, 0.3) is 0 Å². The predicted molar refractivity (Wildman–Crippen MR) is 134 cm³/mol. The highest BCUT2D eigenvalue weighted by molar-refractivity contribution is 8.13. The highest BCUT2D eigenvalue weighted by atomic mass is 32.2. The molecular weight excluding hydrogens is 438 g/mol. The van der Waals surface area contributed by atoms with Crippen LogP contribution in [0.15, 0.2) is 48.8 Å². The first kappa shape index (κ1) is 22.8. The van der Waals surface area contributed by atoms with Crippen molar-refractivity contribution in [3.8, 4) is 11.4 Å². The molecule has 0 aliphatic carbocycles. The average Bonchev–Trinajstić information content (AvgIpc) is 2.85. The van der Waals surface area contributed by atoms with Crippen LogP contribution in [0.1, 0.15) is 12.7 Å². The number of nitrogens with zero attached hydrogens (tertiary/aromatic N) is 5. The number of aromatic nitrogens is 4. The first-order valence-corrected chi connectivity index (χ1v) is 12.5. The van der Waals surface area contributed by atoms with Gasteiger partial charge in [-0.2, -0.15) is 20.5 Å². The molecule has 1 aliphatic rings. The van der Waals surface area contributed by atoms with Gasteiger partial charge in [0.05, 0.1) is 25.1 Å². The number of nitrogens with one attached hydrogen (secondary N) is 2. The Morgan fingerprint density at radius 1 is 1.09 bits per heavy atom. The molecule has 3 aromatic rings. The summed E-state index contributed by atoms with van der Waals surface area (Å²) in [5.41, 5.74) is 2.15. The molecular formula is C23H27N7O2S. The van der Waals surface area contributed by atoms with E-state index in [2.05, 4.69) is 39.1 Å². The molecule has 2 aromatic heterocycles. The van der Waals surface area contributed by atoms with E-state index in [1.54, 1.807) is 24.5 Å². The molecule has 33 heavy (non-hydrogen) atoms. The summed E-state index contributed by atoms with van der Waals surface area (Å²) >= 11 is 0. The van der Waals surface area contributed by atoms with Crippen LogP contribution in [0.5, 0.6) is 0 Å². The third-order valence-corrected chi connectivity index (χ3v) is 6.56. The van der Waals surface area contributed by atoms with E-state index in [0.29, 0.717) is 36.4 Å². The molecule has 4 rings (SSSR count).